The summed E-state index contributed by atoms with van der Waals surface area (Å²) in [5.74, 6) is -1.09. The van der Waals surface area contributed by atoms with Crippen molar-refractivity contribution in [2.45, 2.75) is 38.8 Å². The fraction of sp³-hybridized carbons (Fsp3) is 0.389. The van der Waals surface area contributed by atoms with Gasteiger partial charge in [0, 0.05) is 37.2 Å². The Morgan fingerprint density at radius 2 is 2.04 bits per heavy atom. The number of nitrogens with zero attached hydrogens (tertiary/aromatic N) is 2. The van der Waals surface area contributed by atoms with Crippen LogP contribution in [0.1, 0.15) is 25.3 Å². The molecule has 0 aliphatic heterocycles. The van der Waals surface area contributed by atoms with Crippen molar-refractivity contribution in [2.24, 2.45) is 11.1 Å². The molecule has 0 saturated heterocycles. The van der Waals surface area contributed by atoms with Gasteiger partial charge in [-0.25, -0.2) is 4.98 Å². The van der Waals surface area contributed by atoms with Gasteiger partial charge in [-0.3, -0.25) is 9.59 Å². The minimum absolute atomic E-state index is 0.0122. The number of carbonyl (C=O) groups is 2. The molecule has 24 heavy (non-hydrogen) atoms. The largest absolute Gasteiger partial charge is 0.480 e. The van der Waals surface area contributed by atoms with E-state index in [4.69, 9.17) is 5.73 Å². The molecule has 0 fully saturated rings. The van der Waals surface area contributed by atoms with Crippen LogP contribution in [0.2, 0.25) is 0 Å². The maximum absolute atomic E-state index is 12.4. The molecular formula is C18H23N3O3. The molecule has 128 valence electrons. The van der Waals surface area contributed by atoms with Gasteiger partial charge in [0.25, 0.3) is 0 Å². The molecular weight excluding hydrogens is 306 g/mol. The summed E-state index contributed by atoms with van der Waals surface area (Å²) in [7, 11) is 0. The average Bonchev–Trinajstić information content (AvgIpc) is 3.05. The number of Topliss-reactive ketones (excluding diaryl/α,β-unsaturated/α-hetero) is 1. The number of aryl methyl sites for hydroxylation is 1. The molecule has 0 spiro atoms. The highest BCUT2D eigenvalue weighted by Crippen LogP contribution is 2.29. The number of ketones is 1. The van der Waals surface area contributed by atoms with Crippen molar-refractivity contribution in [3.05, 3.63) is 54.6 Å². The molecule has 1 unspecified atom stereocenters. The van der Waals surface area contributed by atoms with E-state index < -0.39 is 17.4 Å². The first-order chi connectivity index (χ1) is 11.4. The minimum Gasteiger partial charge on any atom is -0.480 e. The maximum Gasteiger partial charge on any atom is 0.321 e. The number of rotatable bonds is 9. The molecule has 0 aliphatic rings. The molecule has 1 heterocycles. The highest BCUT2D eigenvalue weighted by Gasteiger charge is 2.38. The lowest BCUT2D eigenvalue weighted by atomic mass is 9.77. The van der Waals surface area contributed by atoms with E-state index in [1.807, 2.05) is 30.3 Å². The number of carboxylic acid groups (broad SMARTS) is 1. The highest BCUT2D eigenvalue weighted by atomic mass is 16.4. The Kier molecular flexibility index (Phi) is 5.87. The highest BCUT2D eigenvalue weighted by molar-refractivity contribution is 5.81. The van der Waals surface area contributed by atoms with E-state index >= 15 is 0 Å². The van der Waals surface area contributed by atoms with Gasteiger partial charge in [-0.05, 0) is 12.0 Å². The second-order valence-corrected chi connectivity index (χ2v) is 6.41. The van der Waals surface area contributed by atoms with Crippen molar-refractivity contribution in [2.75, 3.05) is 0 Å². The van der Waals surface area contributed by atoms with Crippen LogP contribution in [0.25, 0.3) is 0 Å². The Morgan fingerprint density at radius 3 is 2.62 bits per heavy atom. The lowest BCUT2D eigenvalue weighted by Crippen LogP contribution is -2.49. The van der Waals surface area contributed by atoms with Gasteiger partial charge in [-0.1, -0.05) is 37.3 Å². The van der Waals surface area contributed by atoms with Crippen LogP contribution in [-0.4, -0.2) is 32.5 Å². The zero-order valence-electron chi connectivity index (χ0n) is 13.8. The van der Waals surface area contributed by atoms with Gasteiger partial charge in [0.2, 0.25) is 0 Å². The summed E-state index contributed by atoms with van der Waals surface area (Å²) >= 11 is 0. The number of imidazole rings is 1. The standard InChI is InChI=1S/C18H23N3O3/c1-18(16(19)17(23)24,12-21-10-9-20-13-21)11-15(22)8-7-14-5-3-2-4-6-14/h2-6,9-10,13,16H,7-8,11-12,19H2,1H3,(H,23,24)/t16-,18?/m1/s1. The Hall–Kier alpha value is -2.47. The molecule has 1 aromatic carbocycles. The zero-order valence-corrected chi connectivity index (χ0v) is 13.8. The predicted octanol–water partition coefficient (Wildman–Crippen LogP) is 1.89. The fourth-order valence-corrected chi connectivity index (χ4v) is 2.83. The van der Waals surface area contributed by atoms with Crippen LogP contribution in [0.3, 0.4) is 0 Å². The normalized spacial score (nSPS) is 14.8. The number of benzene rings is 1. The van der Waals surface area contributed by atoms with Gasteiger partial charge < -0.3 is 15.4 Å². The lowest BCUT2D eigenvalue weighted by Gasteiger charge is -2.32. The van der Waals surface area contributed by atoms with Gasteiger partial charge in [0.05, 0.1) is 6.33 Å². The summed E-state index contributed by atoms with van der Waals surface area (Å²) in [5.41, 5.74) is 6.09. The molecule has 6 heteroatoms. The summed E-state index contributed by atoms with van der Waals surface area (Å²) in [4.78, 5) is 27.7. The smallest absolute Gasteiger partial charge is 0.321 e. The molecule has 3 N–H and O–H groups in total. The minimum atomic E-state index is -1.12. The number of hydrogen-bond acceptors (Lipinski definition) is 4. The van der Waals surface area contributed by atoms with E-state index in [0.717, 1.165) is 5.56 Å². The van der Waals surface area contributed by atoms with Crippen LogP contribution in [0.5, 0.6) is 0 Å². The molecule has 0 bridgehead atoms. The van der Waals surface area contributed by atoms with E-state index in [1.54, 1.807) is 30.2 Å². The van der Waals surface area contributed by atoms with E-state index in [2.05, 4.69) is 4.98 Å². The molecule has 0 saturated carbocycles. The maximum atomic E-state index is 12.4. The van der Waals surface area contributed by atoms with Crippen molar-refractivity contribution in [1.82, 2.24) is 9.55 Å². The van der Waals surface area contributed by atoms with E-state index in [-0.39, 0.29) is 12.2 Å². The third-order valence-corrected chi connectivity index (χ3v) is 4.26. The van der Waals surface area contributed by atoms with Crippen LogP contribution in [0.15, 0.2) is 49.1 Å². The lowest BCUT2D eigenvalue weighted by molar-refractivity contribution is -0.142. The van der Waals surface area contributed by atoms with E-state index in [9.17, 15) is 14.7 Å². The van der Waals surface area contributed by atoms with Crippen LogP contribution < -0.4 is 5.73 Å². The second-order valence-electron chi connectivity index (χ2n) is 6.41. The van der Waals surface area contributed by atoms with Gasteiger partial charge >= 0.3 is 5.97 Å². The third-order valence-electron chi connectivity index (χ3n) is 4.26. The van der Waals surface area contributed by atoms with Gasteiger partial charge in [-0.15, -0.1) is 0 Å². The number of hydrogen-bond donors (Lipinski definition) is 2. The molecule has 2 rings (SSSR count). The molecule has 2 aromatic rings. The zero-order chi connectivity index (χ0) is 17.6. The molecule has 0 radical (unpaired) electrons. The topological polar surface area (TPSA) is 98.2 Å². The van der Waals surface area contributed by atoms with Crippen molar-refractivity contribution in [1.29, 1.82) is 0 Å². The first kappa shape index (κ1) is 17.9. The Balaban J connectivity index is 2.04. The summed E-state index contributed by atoms with van der Waals surface area (Å²) in [6, 6.07) is 8.62. The number of carboxylic acids is 1. The predicted molar refractivity (Wildman–Crippen MR) is 90.3 cm³/mol. The molecule has 6 nitrogen and oxygen atoms in total. The number of nitrogens with two attached hydrogens (primary N) is 1. The summed E-state index contributed by atoms with van der Waals surface area (Å²) in [5, 5.41) is 9.31. The third kappa shape index (κ3) is 4.76. The fourth-order valence-electron chi connectivity index (χ4n) is 2.83. The van der Waals surface area contributed by atoms with Crippen LogP contribution in [-0.2, 0) is 22.6 Å². The van der Waals surface area contributed by atoms with Crippen molar-refractivity contribution < 1.29 is 14.7 Å². The summed E-state index contributed by atoms with van der Waals surface area (Å²) < 4.78 is 1.76. The quantitative estimate of drug-likeness (QED) is 0.732. The summed E-state index contributed by atoms with van der Waals surface area (Å²) in [6.45, 7) is 2.07. The Labute approximate surface area is 141 Å². The van der Waals surface area contributed by atoms with Gasteiger partial charge in [-0.2, -0.15) is 0 Å². The van der Waals surface area contributed by atoms with Crippen LogP contribution in [0, 0.1) is 5.41 Å². The molecule has 0 aliphatic carbocycles. The van der Waals surface area contributed by atoms with Crippen molar-refractivity contribution in [3.8, 4) is 0 Å². The SMILES string of the molecule is CC(CC(=O)CCc1ccccc1)(Cn1ccnc1)[C@H](N)C(=O)O. The Bertz CT molecular complexity index is 670. The molecule has 2 atom stereocenters. The van der Waals surface area contributed by atoms with Gasteiger partial charge in [0.1, 0.15) is 11.8 Å². The van der Waals surface area contributed by atoms with E-state index in [0.29, 0.717) is 19.4 Å². The molecule has 0 amide bonds. The second kappa shape index (κ2) is 7.88. The van der Waals surface area contributed by atoms with Crippen molar-refractivity contribution >= 4 is 11.8 Å². The summed E-state index contributed by atoms with van der Waals surface area (Å²) in [6.07, 6.45) is 6.08. The monoisotopic (exact) mass is 329 g/mol. The van der Waals surface area contributed by atoms with E-state index in [1.165, 1.54) is 0 Å². The number of aliphatic carboxylic acids is 1. The number of carbonyl (C=O) groups excluding carboxylic acids is 1. The molecule has 1 aromatic heterocycles. The first-order valence-electron chi connectivity index (χ1n) is 7.90. The number of aromatic nitrogens is 2. The van der Waals surface area contributed by atoms with Crippen molar-refractivity contribution in [3.63, 3.8) is 0 Å². The average molecular weight is 329 g/mol. The van der Waals surface area contributed by atoms with Crippen LogP contribution in [0.4, 0.5) is 0 Å². The first-order valence-corrected chi connectivity index (χ1v) is 7.90. The van der Waals surface area contributed by atoms with Gasteiger partial charge in [0.15, 0.2) is 0 Å². The Morgan fingerprint density at radius 1 is 1.33 bits per heavy atom. The van der Waals surface area contributed by atoms with Crippen LogP contribution >= 0.6 is 0 Å².